The minimum absolute atomic E-state index is 0.0115. The number of phenols is 1. The van der Waals surface area contributed by atoms with Crippen molar-refractivity contribution in [2.24, 2.45) is 0 Å². The van der Waals surface area contributed by atoms with Gasteiger partial charge in [-0.25, -0.2) is 0 Å². The van der Waals surface area contributed by atoms with Crippen LogP contribution in [0.3, 0.4) is 0 Å². The van der Waals surface area contributed by atoms with Gasteiger partial charge in [0.2, 0.25) is 0 Å². The summed E-state index contributed by atoms with van der Waals surface area (Å²) >= 11 is 3.24. The molecule has 0 aliphatic carbocycles. The third-order valence-corrected chi connectivity index (χ3v) is 4.52. The minimum Gasteiger partial charge on any atom is -0.505 e. The number of para-hydroxylation sites is 3. The Bertz CT molecular complexity index is 1080. The van der Waals surface area contributed by atoms with Crippen molar-refractivity contribution in [3.63, 3.8) is 0 Å². The number of hydrogen-bond donors (Lipinski definition) is 2. The lowest BCUT2D eigenvalue weighted by Gasteiger charge is -2.08. The first-order valence-corrected chi connectivity index (χ1v) is 8.13. The molecule has 4 rings (SSSR count). The van der Waals surface area contributed by atoms with Crippen LogP contribution in [0.5, 0.6) is 5.75 Å². The van der Waals surface area contributed by atoms with Gasteiger partial charge in [0.15, 0.2) is 5.75 Å². The van der Waals surface area contributed by atoms with Crippen molar-refractivity contribution in [1.29, 1.82) is 0 Å². The highest BCUT2D eigenvalue weighted by Crippen LogP contribution is 2.34. The molecule has 0 aliphatic rings. The number of fused-ring (bicyclic) bond motifs is 3. The van der Waals surface area contributed by atoms with Crippen LogP contribution in [0, 0.1) is 0 Å². The van der Waals surface area contributed by atoms with Gasteiger partial charge in [-0.15, -0.1) is 0 Å². The average Bonchev–Trinajstić information content (AvgIpc) is 2.97. The van der Waals surface area contributed by atoms with Crippen LogP contribution < -0.4 is 5.32 Å². The largest absolute Gasteiger partial charge is 0.505 e. The summed E-state index contributed by atoms with van der Waals surface area (Å²) in [6.07, 6.45) is 0. The molecule has 0 unspecified atom stereocenters. The average molecular weight is 382 g/mol. The first-order chi connectivity index (χ1) is 11.6. The van der Waals surface area contributed by atoms with Crippen LogP contribution in [0.15, 0.2) is 69.6 Å². The Kier molecular flexibility index (Phi) is 3.50. The Morgan fingerprint density at radius 3 is 2.58 bits per heavy atom. The van der Waals surface area contributed by atoms with Crippen LogP contribution in [0.2, 0.25) is 0 Å². The predicted molar refractivity (Wildman–Crippen MR) is 97.5 cm³/mol. The molecule has 0 fully saturated rings. The molecule has 0 radical (unpaired) electrons. The van der Waals surface area contributed by atoms with E-state index in [-0.39, 0.29) is 11.7 Å². The lowest BCUT2D eigenvalue weighted by Crippen LogP contribution is -2.12. The van der Waals surface area contributed by atoms with Gasteiger partial charge in [0.05, 0.1) is 15.7 Å². The molecular formula is C19H12BrNO3. The lowest BCUT2D eigenvalue weighted by atomic mass is 10.1. The molecule has 0 atom stereocenters. The molecule has 4 aromatic rings. The lowest BCUT2D eigenvalue weighted by molar-refractivity contribution is 0.102. The first-order valence-electron chi connectivity index (χ1n) is 7.34. The second kappa shape index (κ2) is 5.69. The van der Waals surface area contributed by atoms with Crippen LogP contribution in [0.1, 0.15) is 10.4 Å². The summed E-state index contributed by atoms with van der Waals surface area (Å²) in [5.74, 6) is -0.351. The molecular weight excluding hydrogens is 370 g/mol. The van der Waals surface area contributed by atoms with Crippen LogP contribution in [0.4, 0.5) is 5.69 Å². The fourth-order valence-electron chi connectivity index (χ4n) is 2.73. The number of amides is 1. The predicted octanol–water partition coefficient (Wildman–Crippen LogP) is 5.31. The van der Waals surface area contributed by atoms with Gasteiger partial charge in [-0.3, -0.25) is 4.79 Å². The fraction of sp³-hybridized carbons (Fsp3) is 0. The molecule has 0 bridgehead atoms. The Labute approximate surface area is 145 Å². The van der Waals surface area contributed by atoms with Gasteiger partial charge in [-0.05, 0) is 40.2 Å². The number of carbonyl (C=O) groups is 1. The third-order valence-electron chi connectivity index (χ3n) is 3.88. The van der Waals surface area contributed by atoms with Gasteiger partial charge in [0.25, 0.3) is 5.91 Å². The van der Waals surface area contributed by atoms with Crippen molar-refractivity contribution in [2.75, 3.05) is 5.32 Å². The van der Waals surface area contributed by atoms with Crippen LogP contribution in [-0.4, -0.2) is 11.0 Å². The molecule has 0 saturated heterocycles. The smallest absolute Gasteiger partial charge is 0.259 e. The van der Waals surface area contributed by atoms with Crippen LogP contribution >= 0.6 is 15.9 Å². The molecule has 118 valence electrons. The minimum atomic E-state index is -0.340. The normalized spacial score (nSPS) is 11.0. The van der Waals surface area contributed by atoms with E-state index < -0.39 is 0 Å². The van der Waals surface area contributed by atoms with Gasteiger partial charge in [-0.2, -0.15) is 0 Å². The summed E-state index contributed by atoms with van der Waals surface area (Å²) in [6, 6.07) is 18.2. The maximum atomic E-state index is 12.7. The van der Waals surface area contributed by atoms with E-state index >= 15 is 0 Å². The highest BCUT2D eigenvalue weighted by atomic mass is 79.9. The van der Waals surface area contributed by atoms with E-state index in [1.165, 1.54) is 0 Å². The van der Waals surface area contributed by atoms with Crippen molar-refractivity contribution in [1.82, 2.24) is 0 Å². The Morgan fingerprint density at radius 1 is 0.958 bits per heavy atom. The summed E-state index contributed by atoms with van der Waals surface area (Å²) in [6.45, 7) is 0. The van der Waals surface area contributed by atoms with Crippen LogP contribution in [0.25, 0.3) is 21.9 Å². The van der Waals surface area contributed by atoms with Crippen LogP contribution in [-0.2, 0) is 0 Å². The topological polar surface area (TPSA) is 62.5 Å². The molecule has 24 heavy (non-hydrogen) atoms. The standard InChI is InChI=1S/C19H12BrNO3/c20-14-8-4-9-15(17(14)22)21-19(23)13-7-3-6-12-11-5-1-2-10-16(11)24-18(12)13/h1-10,22H,(H,21,23). The summed E-state index contributed by atoms with van der Waals surface area (Å²) in [5.41, 5.74) is 2.02. The summed E-state index contributed by atoms with van der Waals surface area (Å²) in [7, 11) is 0. The number of carbonyl (C=O) groups excluding carboxylic acids is 1. The van der Waals surface area contributed by atoms with Crippen molar-refractivity contribution < 1.29 is 14.3 Å². The van der Waals surface area contributed by atoms with Crippen molar-refractivity contribution in [3.8, 4) is 5.75 Å². The molecule has 2 N–H and O–H groups in total. The number of nitrogens with one attached hydrogen (secondary N) is 1. The second-order valence-electron chi connectivity index (χ2n) is 5.37. The van der Waals surface area contributed by atoms with E-state index in [1.54, 1.807) is 24.3 Å². The van der Waals surface area contributed by atoms with E-state index in [2.05, 4.69) is 21.2 Å². The quantitative estimate of drug-likeness (QED) is 0.462. The van der Waals surface area contributed by atoms with Gasteiger partial charge in [0.1, 0.15) is 11.2 Å². The van der Waals surface area contributed by atoms with E-state index in [0.29, 0.717) is 21.3 Å². The number of benzene rings is 3. The number of phenolic OH excluding ortho intramolecular Hbond substituents is 1. The molecule has 0 saturated carbocycles. The fourth-order valence-corrected chi connectivity index (χ4v) is 3.10. The number of furan rings is 1. The Balaban J connectivity index is 1.81. The van der Waals surface area contributed by atoms with E-state index in [0.717, 1.165) is 16.4 Å². The van der Waals surface area contributed by atoms with Gasteiger partial charge >= 0.3 is 0 Å². The van der Waals surface area contributed by atoms with Crippen molar-refractivity contribution in [3.05, 3.63) is 70.7 Å². The monoisotopic (exact) mass is 381 g/mol. The first kappa shape index (κ1) is 14.8. The molecule has 1 amide bonds. The second-order valence-corrected chi connectivity index (χ2v) is 6.22. The van der Waals surface area contributed by atoms with E-state index in [4.69, 9.17) is 4.42 Å². The van der Waals surface area contributed by atoms with Gasteiger partial charge in [-0.1, -0.05) is 36.4 Å². The van der Waals surface area contributed by atoms with Crippen molar-refractivity contribution >= 4 is 49.5 Å². The van der Waals surface area contributed by atoms with Gasteiger partial charge in [0, 0.05) is 10.8 Å². The molecule has 0 aliphatic heterocycles. The summed E-state index contributed by atoms with van der Waals surface area (Å²) in [4.78, 5) is 12.7. The zero-order valence-electron chi connectivity index (χ0n) is 12.4. The number of aromatic hydroxyl groups is 1. The van der Waals surface area contributed by atoms with E-state index in [9.17, 15) is 9.90 Å². The Morgan fingerprint density at radius 2 is 1.71 bits per heavy atom. The Hall–Kier alpha value is -2.79. The molecule has 1 aromatic heterocycles. The molecule has 5 heteroatoms. The number of hydrogen-bond acceptors (Lipinski definition) is 3. The number of anilines is 1. The highest BCUT2D eigenvalue weighted by Gasteiger charge is 2.17. The summed E-state index contributed by atoms with van der Waals surface area (Å²) in [5, 5.41) is 14.6. The SMILES string of the molecule is O=C(Nc1cccc(Br)c1O)c1cccc2c1oc1ccccc12. The molecule has 4 nitrogen and oxygen atoms in total. The van der Waals surface area contributed by atoms with E-state index in [1.807, 2.05) is 36.4 Å². The molecule has 3 aromatic carbocycles. The molecule has 0 spiro atoms. The maximum absolute atomic E-state index is 12.7. The number of rotatable bonds is 2. The number of halogens is 1. The van der Waals surface area contributed by atoms with Crippen molar-refractivity contribution in [2.45, 2.75) is 0 Å². The molecule has 1 heterocycles. The summed E-state index contributed by atoms with van der Waals surface area (Å²) < 4.78 is 6.38. The zero-order chi connectivity index (χ0) is 16.7. The third kappa shape index (κ3) is 2.34. The zero-order valence-corrected chi connectivity index (χ0v) is 14.0. The highest BCUT2D eigenvalue weighted by molar-refractivity contribution is 9.10. The van der Waals surface area contributed by atoms with Gasteiger partial charge < -0.3 is 14.8 Å². The maximum Gasteiger partial charge on any atom is 0.259 e.